The SMILES string of the molecule is Cc1ccc(C)n1NCc1oc2ccccc2c1C(=O)O. The lowest BCUT2D eigenvalue weighted by Gasteiger charge is -2.11. The van der Waals surface area contributed by atoms with Crippen molar-refractivity contribution < 1.29 is 14.3 Å². The Morgan fingerprint density at radius 3 is 2.52 bits per heavy atom. The summed E-state index contributed by atoms with van der Waals surface area (Å²) in [5.74, 6) is -0.547. The van der Waals surface area contributed by atoms with Gasteiger partial charge in [-0.2, -0.15) is 0 Å². The molecule has 3 rings (SSSR count). The Bertz CT molecular complexity index is 795. The minimum atomic E-state index is -0.974. The largest absolute Gasteiger partial charge is 0.478 e. The third-order valence-corrected chi connectivity index (χ3v) is 3.55. The first kappa shape index (κ1) is 13.3. The first-order valence-electron chi connectivity index (χ1n) is 6.70. The van der Waals surface area contributed by atoms with Crippen molar-refractivity contribution in [2.24, 2.45) is 0 Å². The molecular weight excluding hydrogens is 268 g/mol. The minimum Gasteiger partial charge on any atom is -0.478 e. The number of aromatic carboxylic acids is 1. The monoisotopic (exact) mass is 284 g/mol. The number of nitrogens with one attached hydrogen (secondary N) is 1. The number of hydrogen-bond acceptors (Lipinski definition) is 3. The van der Waals surface area contributed by atoms with Crippen molar-refractivity contribution in [3.8, 4) is 0 Å². The first-order chi connectivity index (χ1) is 10.1. The molecule has 0 aliphatic rings. The maximum atomic E-state index is 11.5. The Morgan fingerprint density at radius 1 is 1.19 bits per heavy atom. The third-order valence-electron chi connectivity index (χ3n) is 3.55. The van der Waals surface area contributed by atoms with E-state index >= 15 is 0 Å². The van der Waals surface area contributed by atoms with Crippen LogP contribution in [0.5, 0.6) is 0 Å². The standard InChI is InChI=1S/C16H16N2O3/c1-10-7-8-11(2)18(10)17-9-14-15(16(19)20)12-5-3-4-6-13(12)21-14/h3-8,17H,9H2,1-2H3,(H,19,20). The molecule has 0 saturated carbocycles. The lowest BCUT2D eigenvalue weighted by Crippen LogP contribution is -2.17. The van der Waals surface area contributed by atoms with Gasteiger partial charge in [0.1, 0.15) is 16.9 Å². The van der Waals surface area contributed by atoms with Gasteiger partial charge in [0.15, 0.2) is 0 Å². The van der Waals surface area contributed by atoms with E-state index in [0.717, 1.165) is 11.4 Å². The molecular formula is C16H16N2O3. The van der Waals surface area contributed by atoms with Crippen molar-refractivity contribution in [2.45, 2.75) is 20.4 Å². The maximum absolute atomic E-state index is 11.5. The Kier molecular flexibility index (Phi) is 3.17. The van der Waals surface area contributed by atoms with E-state index in [2.05, 4.69) is 5.43 Å². The molecule has 2 heterocycles. The fraction of sp³-hybridized carbons (Fsp3) is 0.188. The normalized spacial score (nSPS) is 11.0. The number of aromatic nitrogens is 1. The van der Waals surface area contributed by atoms with Crippen molar-refractivity contribution in [2.75, 3.05) is 5.43 Å². The summed E-state index contributed by atoms with van der Waals surface area (Å²) in [6.07, 6.45) is 0. The summed E-state index contributed by atoms with van der Waals surface area (Å²) >= 11 is 0. The zero-order valence-electron chi connectivity index (χ0n) is 11.9. The molecule has 0 fully saturated rings. The van der Waals surface area contributed by atoms with Crippen LogP contribution in [0.3, 0.4) is 0 Å². The van der Waals surface area contributed by atoms with Gasteiger partial charge in [0, 0.05) is 16.8 Å². The summed E-state index contributed by atoms with van der Waals surface area (Å²) < 4.78 is 7.60. The molecule has 108 valence electrons. The number of carboxylic acid groups (broad SMARTS) is 1. The predicted molar refractivity (Wildman–Crippen MR) is 80.1 cm³/mol. The summed E-state index contributed by atoms with van der Waals surface area (Å²) in [6, 6.07) is 11.2. The molecule has 1 aromatic carbocycles. The van der Waals surface area contributed by atoms with E-state index in [9.17, 15) is 9.90 Å². The van der Waals surface area contributed by atoms with Crippen LogP contribution in [0, 0.1) is 13.8 Å². The molecule has 0 unspecified atom stereocenters. The average Bonchev–Trinajstić information content (AvgIpc) is 2.97. The number of hydrogen-bond donors (Lipinski definition) is 2. The van der Waals surface area contributed by atoms with E-state index in [4.69, 9.17) is 4.42 Å². The molecule has 5 heteroatoms. The second-order valence-corrected chi connectivity index (χ2v) is 4.99. The van der Waals surface area contributed by atoms with Crippen LogP contribution >= 0.6 is 0 Å². The van der Waals surface area contributed by atoms with Crippen LogP contribution in [-0.4, -0.2) is 15.8 Å². The molecule has 21 heavy (non-hydrogen) atoms. The van der Waals surface area contributed by atoms with Crippen LogP contribution in [0.1, 0.15) is 27.5 Å². The van der Waals surface area contributed by atoms with Gasteiger partial charge in [0.25, 0.3) is 0 Å². The highest BCUT2D eigenvalue weighted by Crippen LogP contribution is 2.26. The lowest BCUT2D eigenvalue weighted by molar-refractivity contribution is 0.0696. The summed E-state index contributed by atoms with van der Waals surface area (Å²) in [4.78, 5) is 11.5. The van der Waals surface area contributed by atoms with Crippen LogP contribution in [0.15, 0.2) is 40.8 Å². The molecule has 2 N–H and O–H groups in total. The van der Waals surface area contributed by atoms with Gasteiger partial charge in [0.05, 0.1) is 6.54 Å². The molecule has 0 aliphatic carbocycles. The second kappa shape index (κ2) is 5.01. The van der Waals surface area contributed by atoms with E-state index < -0.39 is 5.97 Å². The molecule has 0 amide bonds. The van der Waals surface area contributed by atoms with Gasteiger partial charge in [-0.1, -0.05) is 18.2 Å². The van der Waals surface area contributed by atoms with Gasteiger partial charge in [0.2, 0.25) is 0 Å². The highest BCUT2D eigenvalue weighted by Gasteiger charge is 2.19. The van der Waals surface area contributed by atoms with Crippen molar-refractivity contribution in [1.82, 2.24) is 4.68 Å². The quantitative estimate of drug-likeness (QED) is 0.771. The number of aryl methyl sites for hydroxylation is 2. The van der Waals surface area contributed by atoms with Gasteiger partial charge in [-0.3, -0.25) is 4.68 Å². The van der Waals surface area contributed by atoms with Crippen molar-refractivity contribution in [3.63, 3.8) is 0 Å². The fourth-order valence-corrected chi connectivity index (χ4v) is 2.52. The molecule has 0 bridgehead atoms. The molecule has 2 aromatic heterocycles. The number of fused-ring (bicyclic) bond motifs is 1. The fourth-order valence-electron chi connectivity index (χ4n) is 2.52. The van der Waals surface area contributed by atoms with Crippen LogP contribution < -0.4 is 5.43 Å². The van der Waals surface area contributed by atoms with Crippen molar-refractivity contribution >= 4 is 16.9 Å². The van der Waals surface area contributed by atoms with Crippen molar-refractivity contribution in [1.29, 1.82) is 0 Å². The second-order valence-electron chi connectivity index (χ2n) is 4.99. The first-order valence-corrected chi connectivity index (χ1v) is 6.70. The molecule has 5 nitrogen and oxygen atoms in total. The lowest BCUT2D eigenvalue weighted by atomic mass is 10.1. The number of rotatable bonds is 4. The van der Waals surface area contributed by atoms with Gasteiger partial charge >= 0.3 is 5.97 Å². The smallest absolute Gasteiger partial charge is 0.339 e. The average molecular weight is 284 g/mol. The number of carbonyl (C=O) groups is 1. The zero-order chi connectivity index (χ0) is 15.0. The van der Waals surface area contributed by atoms with Gasteiger partial charge in [-0.15, -0.1) is 0 Å². The van der Waals surface area contributed by atoms with Crippen molar-refractivity contribution in [3.05, 3.63) is 59.1 Å². The van der Waals surface area contributed by atoms with Crippen LogP contribution in [0.2, 0.25) is 0 Å². The number of para-hydroxylation sites is 1. The minimum absolute atomic E-state index is 0.223. The highest BCUT2D eigenvalue weighted by molar-refractivity contribution is 6.03. The summed E-state index contributed by atoms with van der Waals surface area (Å²) in [6.45, 7) is 4.28. The highest BCUT2D eigenvalue weighted by atomic mass is 16.4. The number of furan rings is 1. The number of nitrogens with zero attached hydrogens (tertiary/aromatic N) is 1. The van der Waals surface area contributed by atoms with E-state index in [-0.39, 0.29) is 5.56 Å². The van der Waals surface area contributed by atoms with Crippen LogP contribution in [-0.2, 0) is 6.54 Å². The maximum Gasteiger partial charge on any atom is 0.339 e. The Balaban J connectivity index is 1.97. The topological polar surface area (TPSA) is 67.4 Å². The molecule has 3 aromatic rings. The summed E-state index contributed by atoms with van der Waals surface area (Å²) in [7, 11) is 0. The molecule has 0 saturated heterocycles. The van der Waals surface area contributed by atoms with Gasteiger partial charge in [-0.05, 0) is 32.0 Å². The summed E-state index contributed by atoms with van der Waals surface area (Å²) in [5, 5.41) is 10.1. The van der Waals surface area contributed by atoms with Crippen LogP contribution in [0.4, 0.5) is 0 Å². The van der Waals surface area contributed by atoms with Crippen LogP contribution in [0.25, 0.3) is 11.0 Å². The Hall–Kier alpha value is -2.69. The van der Waals surface area contributed by atoms with E-state index in [1.165, 1.54) is 0 Å². The van der Waals surface area contributed by atoms with E-state index in [0.29, 0.717) is 23.3 Å². The summed E-state index contributed by atoms with van der Waals surface area (Å²) in [5.41, 5.74) is 6.12. The zero-order valence-corrected chi connectivity index (χ0v) is 11.9. The Morgan fingerprint density at radius 2 is 1.86 bits per heavy atom. The molecule has 0 radical (unpaired) electrons. The van der Waals surface area contributed by atoms with E-state index in [1.807, 2.05) is 42.8 Å². The van der Waals surface area contributed by atoms with E-state index in [1.54, 1.807) is 12.1 Å². The van der Waals surface area contributed by atoms with Gasteiger partial charge in [-0.25, -0.2) is 4.79 Å². The van der Waals surface area contributed by atoms with Gasteiger partial charge < -0.3 is 14.9 Å². The number of benzene rings is 1. The molecule has 0 spiro atoms. The Labute approximate surface area is 121 Å². The number of carboxylic acids is 1. The molecule has 0 aliphatic heterocycles. The predicted octanol–water partition coefficient (Wildman–Crippen LogP) is 3.29. The third kappa shape index (κ3) is 2.27. The molecule has 0 atom stereocenters.